The van der Waals surface area contributed by atoms with Crippen LogP contribution in [-0.4, -0.2) is 22.5 Å². The van der Waals surface area contributed by atoms with Gasteiger partial charge in [-0.3, -0.25) is 4.98 Å². The smallest absolute Gasteiger partial charge is 0.318 e. The highest BCUT2D eigenvalue weighted by atomic mass is 16.3. The Morgan fingerprint density at radius 3 is 2.67 bits per heavy atom. The van der Waals surface area contributed by atoms with Crippen LogP contribution in [0.2, 0.25) is 0 Å². The van der Waals surface area contributed by atoms with Crippen molar-refractivity contribution in [1.29, 1.82) is 0 Å². The first-order chi connectivity index (χ1) is 10.3. The highest BCUT2D eigenvalue weighted by Crippen LogP contribution is 2.23. The number of hydrogen-bond donors (Lipinski definition) is 1. The molecular formula is C16H21N3O2. The summed E-state index contributed by atoms with van der Waals surface area (Å²) in [6.45, 7) is 5.10. The van der Waals surface area contributed by atoms with Crippen LogP contribution in [0.5, 0.6) is 0 Å². The molecule has 0 aliphatic carbocycles. The molecule has 0 saturated heterocycles. The van der Waals surface area contributed by atoms with E-state index in [-0.39, 0.29) is 12.1 Å². The number of aromatic nitrogens is 1. The largest absolute Gasteiger partial charge is 0.467 e. The van der Waals surface area contributed by atoms with E-state index in [4.69, 9.17) is 4.42 Å². The van der Waals surface area contributed by atoms with E-state index >= 15 is 0 Å². The van der Waals surface area contributed by atoms with Crippen LogP contribution in [0.3, 0.4) is 0 Å². The SMILES string of the molecule is CC[C@@H](c1ccncc1)N(CC)C(=O)NCc1ccco1. The summed E-state index contributed by atoms with van der Waals surface area (Å²) < 4.78 is 5.23. The zero-order chi connectivity index (χ0) is 15.1. The lowest BCUT2D eigenvalue weighted by atomic mass is 10.0. The van der Waals surface area contributed by atoms with E-state index in [9.17, 15) is 4.79 Å². The van der Waals surface area contributed by atoms with Gasteiger partial charge in [-0.25, -0.2) is 4.79 Å². The molecule has 0 saturated carbocycles. The molecule has 0 aromatic carbocycles. The Labute approximate surface area is 125 Å². The number of rotatable bonds is 6. The maximum Gasteiger partial charge on any atom is 0.318 e. The van der Waals surface area contributed by atoms with Crippen LogP contribution in [0.25, 0.3) is 0 Å². The molecule has 0 fully saturated rings. The Hall–Kier alpha value is -2.30. The first-order valence-corrected chi connectivity index (χ1v) is 7.23. The second kappa shape index (κ2) is 7.47. The van der Waals surface area contributed by atoms with Crippen molar-refractivity contribution in [3.05, 3.63) is 54.2 Å². The van der Waals surface area contributed by atoms with Gasteiger partial charge in [-0.15, -0.1) is 0 Å². The lowest BCUT2D eigenvalue weighted by Crippen LogP contribution is -2.41. The van der Waals surface area contributed by atoms with Gasteiger partial charge in [0.15, 0.2) is 0 Å². The van der Waals surface area contributed by atoms with Gasteiger partial charge < -0.3 is 14.6 Å². The normalized spacial score (nSPS) is 11.9. The Morgan fingerprint density at radius 2 is 2.10 bits per heavy atom. The van der Waals surface area contributed by atoms with Crippen molar-refractivity contribution in [1.82, 2.24) is 15.2 Å². The van der Waals surface area contributed by atoms with Crippen molar-refractivity contribution < 1.29 is 9.21 Å². The number of hydrogen-bond acceptors (Lipinski definition) is 3. The summed E-state index contributed by atoms with van der Waals surface area (Å²) in [6.07, 6.45) is 5.97. The number of nitrogens with zero attached hydrogens (tertiary/aromatic N) is 2. The number of urea groups is 1. The van der Waals surface area contributed by atoms with Crippen LogP contribution >= 0.6 is 0 Å². The summed E-state index contributed by atoms with van der Waals surface area (Å²) in [4.78, 5) is 18.3. The maximum atomic E-state index is 12.4. The van der Waals surface area contributed by atoms with E-state index in [1.165, 1.54) is 0 Å². The third-order valence-electron chi connectivity index (χ3n) is 3.45. The molecule has 1 atom stereocenters. The topological polar surface area (TPSA) is 58.4 Å². The average molecular weight is 287 g/mol. The molecule has 2 aromatic rings. The fourth-order valence-electron chi connectivity index (χ4n) is 2.40. The minimum atomic E-state index is -0.0856. The quantitative estimate of drug-likeness (QED) is 0.886. The van der Waals surface area contributed by atoms with Crippen molar-refractivity contribution in [2.75, 3.05) is 6.54 Å². The molecular weight excluding hydrogens is 266 g/mol. The standard InChI is InChI=1S/C16H21N3O2/c1-3-15(13-7-9-17-10-8-13)19(4-2)16(20)18-12-14-6-5-11-21-14/h5-11,15H,3-4,12H2,1-2H3,(H,18,20)/t15-/m0/s1. The van der Waals surface area contributed by atoms with Gasteiger partial charge in [0, 0.05) is 18.9 Å². The second-order valence-electron chi connectivity index (χ2n) is 4.73. The fraction of sp³-hybridized carbons (Fsp3) is 0.375. The highest BCUT2D eigenvalue weighted by molar-refractivity contribution is 5.74. The lowest BCUT2D eigenvalue weighted by molar-refractivity contribution is 0.175. The van der Waals surface area contributed by atoms with E-state index in [1.54, 1.807) is 18.7 Å². The second-order valence-corrected chi connectivity index (χ2v) is 4.73. The summed E-state index contributed by atoms with van der Waals surface area (Å²) in [5, 5.41) is 2.90. The van der Waals surface area contributed by atoms with Crippen LogP contribution in [-0.2, 0) is 6.54 Å². The summed E-state index contributed by atoms with van der Waals surface area (Å²) in [5.74, 6) is 0.747. The molecule has 2 heterocycles. The van der Waals surface area contributed by atoms with Gasteiger partial charge in [0.25, 0.3) is 0 Å². The molecule has 2 amide bonds. The molecule has 1 N–H and O–H groups in total. The number of carbonyl (C=O) groups excluding carboxylic acids is 1. The molecule has 112 valence electrons. The van der Waals surface area contributed by atoms with E-state index in [2.05, 4.69) is 17.2 Å². The van der Waals surface area contributed by atoms with E-state index in [0.29, 0.717) is 13.1 Å². The van der Waals surface area contributed by atoms with E-state index < -0.39 is 0 Å². The third kappa shape index (κ3) is 3.84. The average Bonchev–Trinajstić information content (AvgIpc) is 3.04. The summed E-state index contributed by atoms with van der Waals surface area (Å²) >= 11 is 0. The molecule has 2 rings (SSSR count). The van der Waals surface area contributed by atoms with Gasteiger partial charge in [-0.2, -0.15) is 0 Å². The zero-order valence-corrected chi connectivity index (χ0v) is 12.5. The molecule has 5 heteroatoms. The van der Waals surface area contributed by atoms with Crippen molar-refractivity contribution in [3.8, 4) is 0 Å². The first-order valence-electron chi connectivity index (χ1n) is 7.23. The molecule has 2 aromatic heterocycles. The molecule has 0 spiro atoms. The van der Waals surface area contributed by atoms with Gasteiger partial charge in [0.1, 0.15) is 5.76 Å². The molecule has 0 bridgehead atoms. The molecule has 0 aliphatic rings. The number of amides is 2. The lowest BCUT2D eigenvalue weighted by Gasteiger charge is -2.30. The van der Waals surface area contributed by atoms with Gasteiger partial charge in [0.2, 0.25) is 0 Å². The number of furan rings is 1. The Kier molecular flexibility index (Phi) is 5.37. The zero-order valence-electron chi connectivity index (χ0n) is 12.5. The highest BCUT2D eigenvalue weighted by Gasteiger charge is 2.22. The van der Waals surface area contributed by atoms with Crippen LogP contribution in [0, 0.1) is 0 Å². The van der Waals surface area contributed by atoms with Gasteiger partial charge >= 0.3 is 6.03 Å². The summed E-state index contributed by atoms with van der Waals surface area (Å²) in [6, 6.07) is 7.53. The molecule has 5 nitrogen and oxygen atoms in total. The van der Waals surface area contributed by atoms with Gasteiger partial charge in [-0.1, -0.05) is 6.92 Å². The fourth-order valence-corrected chi connectivity index (χ4v) is 2.40. The number of nitrogens with one attached hydrogen (secondary N) is 1. The summed E-state index contributed by atoms with van der Waals surface area (Å²) in [5.41, 5.74) is 1.10. The van der Waals surface area contributed by atoms with Crippen molar-refractivity contribution in [3.63, 3.8) is 0 Å². The predicted octanol–water partition coefficient (Wildman–Crippen LogP) is 3.36. The molecule has 0 unspecified atom stereocenters. The van der Waals surface area contributed by atoms with Crippen molar-refractivity contribution in [2.45, 2.75) is 32.9 Å². The Balaban J connectivity index is 2.04. The molecule has 0 aliphatic heterocycles. The number of pyridine rings is 1. The minimum absolute atomic E-state index is 0.0506. The first kappa shape index (κ1) is 15.1. The monoisotopic (exact) mass is 287 g/mol. The van der Waals surface area contributed by atoms with Crippen LogP contribution in [0.4, 0.5) is 4.79 Å². The van der Waals surface area contributed by atoms with E-state index in [1.807, 2.05) is 36.1 Å². The maximum absolute atomic E-state index is 12.4. The van der Waals surface area contributed by atoms with Gasteiger partial charge in [-0.05, 0) is 43.2 Å². The summed E-state index contributed by atoms with van der Waals surface area (Å²) in [7, 11) is 0. The van der Waals surface area contributed by atoms with E-state index in [0.717, 1.165) is 17.7 Å². The van der Waals surface area contributed by atoms with Crippen molar-refractivity contribution >= 4 is 6.03 Å². The Morgan fingerprint density at radius 1 is 1.33 bits per heavy atom. The van der Waals surface area contributed by atoms with Gasteiger partial charge in [0.05, 0.1) is 18.8 Å². The van der Waals surface area contributed by atoms with Crippen molar-refractivity contribution in [2.24, 2.45) is 0 Å². The number of carbonyl (C=O) groups is 1. The minimum Gasteiger partial charge on any atom is -0.467 e. The third-order valence-corrected chi connectivity index (χ3v) is 3.45. The molecule has 21 heavy (non-hydrogen) atoms. The predicted molar refractivity (Wildman–Crippen MR) is 80.6 cm³/mol. The van der Waals surface area contributed by atoms with Crippen LogP contribution < -0.4 is 5.32 Å². The Bertz CT molecular complexity index is 540. The molecule has 0 radical (unpaired) electrons. The van der Waals surface area contributed by atoms with Crippen LogP contribution in [0.15, 0.2) is 47.3 Å². The van der Waals surface area contributed by atoms with Crippen LogP contribution in [0.1, 0.15) is 37.6 Å².